The van der Waals surface area contributed by atoms with Gasteiger partial charge in [0.2, 0.25) is 5.91 Å². The average molecular weight is 289 g/mol. The van der Waals surface area contributed by atoms with Gasteiger partial charge in [-0.1, -0.05) is 44.2 Å². The number of rotatable bonds is 6. The minimum absolute atomic E-state index is 0.0134. The van der Waals surface area contributed by atoms with Gasteiger partial charge in [0, 0.05) is 12.0 Å². The van der Waals surface area contributed by atoms with Gasteiger partial charge >= 0.3 is 0 Å². The molecule has 1 aliphatic rings. The maximum Gasteiger partial charge on any atom is 0.225 e. The highest BCUT2D eigenvalue weighted by atomic mass is 16.3. The second-order valence-electron chi connectivity index (χ2n) is 6.18. The number of benzene rings is 1. The lowest BCUT2D eigenvalue weighted by Gasteiger charge is -2.33. The van der Waals surface area contributed by atoms with Crippen LogP contribution in [0, 0.1) is 5.92 Å². The largest absolute Gasteiger partial charge is 0.392 e. The molecule has 3 nitrogen and oxygen atoms in total. The van der Waals surface area contributed by atoms with Crippen LogP contribution in [0.15, 0.2) is 30.3 Å². The maximum atomic E-state index is 12.3. The van der Waals surface area contributed by atoms with Gasteiger partial charge in [-0.3, -0.25) is 4.79 Å². The Kier molecular flexibility index (Phi) is 5.40. The third-order valence-electron chi connectivity index (χ3n) is 5.16. The molecule has 3 heteroatoms. The Morgan fingerprint density at radius 3 is 2.43 bits per heavy atom. The Labute approximate surface area is 127 Å². The van der Waals surface area contributed by atoms with Crippen molar-refractivity contribution in [3.05, 3.63) is 35.9 Å². The second kappa shape index (κ2) is 7.08. The first kappa shape index (κ1) is 16.0. The summed E-state index contributed by atoms with van der Waals surface area (Å²) in [5, 5.41) is 13.0. The summed E-state index contributed by atoms with van der Waals surface area (Å²) in [5.74, 6) is -0.200. The van der Waals surface area contributed by atoms with Gasteiger partial charge in [-0.05, 0) is 37.7 Å². The maximum absolute atomic E-state index is 12.3. The van der Waals surface area contributed by atoms with Gasteiger partial charge in [-0.2, -0.15) is 0 Å². The number of aliphatic hydroxyl groups excluding tert-OH is 1. The van der Waals surface area contributed by atoms with E-state index in [1.54, 1.807) is 0 Å². The summed E-state index contributed by atoms with van der Waals surface area (Å²) < 4.78 is 0. The molecule has 1 aromatic carbocycles. The van der Waals surface area contributed by atoms with Gasteiger partial charge in [0.25, 0.3) is 0 Å². The molecule has 0 bridgehead atoms. The molecule has 21 heavy (non-hydrogen) atoms. The van der Waals surface area contributed by atoms with Crippen LogP contribution in [0.4, 0.5) is 0 Å². The number of hydrogen-bond donors (Lipinski definition) is 2. The van der Waals surface area contributed by atoms with E-state index in [1.165, 1.54) is 5.56 Å². The summed E-state index contributed by atoms with van der Waals surface area (Å²) >= 11 is 0. The SMILES string of the molecule is CCC(CC)(CNC(=O)C1CCCC1O)c1ccccc1. The third-order valence-corrected chi connectivity index (χ3v) is 5.16. The van der Waals surface area contributed by atoms with Crippen LogP contribution in [-0.4, -0.2) is 23.7 Å². The molecule has 1 saturated carbocycles. The van der Waals surface area contributed by atoms with Crippen LogP contribution >= 0.6 is 0 Å². The lowest BCUT2D eigenvalue weighted by molar-refractivity contribution is -0.127. The zero-order chi connectivity index (χ0) is 15.3. The van der Waals surface area contributed by atoms with E-state index in [0.29, 0.717) is 6.54 Å². The summed E-state index contributed by atoms with van der Waals surface area (Å²) in [4.78, 5) is 12.3. The Morgan fingerprint density at radius 2 is 1.90 bits per heavy atom. The second-order valence-corrected chi connectivity index (χ2v) is 6.18. The Morgan fingerprint density at radius 1 is 1.24 bits per heavy atom. The fourth-order valence-corrected chi connectivity index (χ4v) is 3.44. The number of amides is 1. The molecule has 0 aromatic heterocycles. The summed E-state index contributed by atoms with van der Waals surface area (Å²) in [5.41, 5.74) is 1.27. The van der Waals surface area contributed by atoms with Crippen LogP contribution in [0.25, 0.3) is 0 Å². The van der Waals surface area contributed by atoms with Gasteiger partial charge < -0.3 is 10.4 Å². The first-order chi connectivity index (χ1) is 10.1. The van der Waals surface area contributed by atoms with Crippen LogP contribution < -0.4 is 5.32 Å². The van der Waals surface area contributed by atoms with Crippen LogP contribution in [0.5, 0.6) is 0 Å². The summed E-state index contributed by atoms with van der Waals surface area (Å²) in [6, 6.07) is 10.4. The van der Waals surface area contributed by atoms with E-state index in [1.807, 2.05) is 6.07 Å². The van der Waals surface area contributed by atoms with E-state index in [2.05, 4.69) is 43.4 Å². The average Bonchev–Trinajstić information content (AvgIpc) is 2.96. The summed E-state index contributed by atoms with van der Waals surface area (Å²) in [6.07, 6.45) is 4.03. The molecule has 1 amide bonds. The first-order valence-electron chi connectivity index (χ1n) is 8.14. The number of aliphatic hydroxyl groups is 1. The predicted molar refractivity (Wildman–Crippen MR) is 85.1 cm³/mol. The predicted octanol–water partition coefficient (Wildman–Crippen LogP) is 3.02. The van der Waals surface area contributed by atoms with Crippen molar-refractivity contribution in [3.8, 4) is 0 Å². The van der Waals surface area contributed by atoms with Gasteiger partial charge in [-0.15, -0.1) is 0 Å². The van der Waals surface area contributed by atoms with Crippen molar-refractivity contribution in [2.75, 3.05) is 6.54 Å². The molecule has 2 atom stereocenters. The lowest BCUT2D eigenvalue weighted by atomic mass is 9.75. The highest BCUT2D eigenvalue weighted by molar-refractivity contribution is 5.79. The summed E-state index contributed by atoms with van der Waals surface area (Å²) in [7, 11) is 0. The van der Waals surface area contributed by atoms with Crippen LogP contribution in [0.2, 0.25) is 0 Å². The molecule has 2 rings (SSSR count). The number of carbonyl (C=O) groups excluding carboxylic acids is 1. The van der Waals surface area contributed by atoms with Crippen molar-refractivity contribution < 1.29 is 9.90 Å². The highest BCUT2D eigenvalue weighted by Gasteiger charge is 2.34. The smallest absolute Gasteiger partial charge is 0.225 e. The van der Waals surface area contributed by atoms with Crippen molar-refractivity contribution in [2.45, 2.75) is 57.5 Å². The minimum Gasteiger partial charge on any atom is -0.392 e. The standard InChI is InChI=1S/C18H27NO2/c1-3-18(4-2,14-9-6-5-7-10-14)13-19-17(21)15-11-8-12-16(15)20/h5-7,9-10,15-16,20H,3-4,8,11-13H2,1-2H3,(H,19,21). The molecule has 0 spiro atoms. The molecule has 0 radical (unpaired) electrons. The Hall–Kier alpha value is -1.35. The number of nitrogens with one attached hydrogen (secondary N) is 1. The van der Waals surface area contributed by atoms with Crippen LogP contribution in [0.3, 0.4) is 0 Å². The molecule has 2 unspecified atom stereocenters. The van der Waals surface area contributed by atoms with E-state index in [9.17, 15) is 9.90 Å². The minimum atomic E-state index is -0.459. The van der Waals surface area contributed by atoms with Crippen molar-refractivity contribution >= 4 is 5.91 Å². The van der Waals surface area contributed by atoms with Gasteiger partial charge in [0.15, 0.2) is 0 Å². The topological polar surface area (TPSA) is 49.3 Å². The molecule has 0 heterocycles. The van der Waals surface area contributed by atoms with Gasteiger partial charge in [0.05, 0.1) is 12.0 Å². The van der Waals surface area contributed by atoms with Crippen LogP contribution in [-0.2, 0) is 10.2 Å². The molecule has 1 aliphatic carbocycles. The molecule has 116 valence electrons. The lowest BCUT2D eigenvalue weighted by Crippen LogP contribution is -2.43. The molecule has 1 fully saturated rings. The van der Waals surface area contributed by atoms with Crippen LogP contribution in [0.1, 0.15) is 51.5 Å². The zero-order valence-electron chi connectivity index (χ0n) is 13.1. The van der Waals surface area contributed by atoms with Crippen molar-refractivity contribution in [2.24, 2.45) is 5.92 Å². The molecule has 0 saturated heterocycles. The normalized spacial score (nSPS) is 22.2. The molecule has 1 aromatic rings. The third kappa shape index (κ3) is 3.46. The fraction of sp³-hybridized carbons (Fsp3) is 0.611. The van der Waals surface area contributed by atoms with E-state index in [-0.39, 0.29) is 17.2 Å². The van der Waals surface area contributed by atoms with E-state index in [4.69, 9.17) is 0 Å². The van der Waals surface area contributed by atoms with E-state index < -0.39 is 6.10 Å². The van der Waals surface area contributed by atoms with Crippen molar-refractivity contribution in [1.82, 2.24) is 5.32 Å². The molecular weight excluding hydrogens is 262 g/mol. The first-order valence-corrected chi connectivity index (χ1v) is 8.14. The molecule has 2 N–H and O–H groups in total. The quantitative estimate of drug-likeness (QED) is 0.845. The Bertz CT molecular complexity index is 454. The fourth-order valence-electron chi connectivity index (χ4n) is 3.44. The highest BCUT2D eigenvalue weighted by Crippen LogP contribution is 2.31. The van der Waals surface area contributed by atoms with Crippen molar-refractivity contribution in [1.29, 1.82) is 0 Å². The van der Waals surface area contributed by atoms with Gasteiger partial charge in [0.1, 0.15) is 0 Å². The molecular formula is C18H27NO2. The van der Waals surface area contributed by atoms with Crippen molar-refractivity contribution in [3.63, 3.8) is 0 Å². The zero-order valence-corrected chi connectivity index (χ0v) is 13.1. The van der Waals surface area contributed by atoms with E-state index >= 15 is 0 Å². The summed E-state index contributed by atoms with van der Waals surface area (Å²) in [6.45, 7) is 4.99. The Balaban J connectivity index is 2.05. The number of hydrogen-bond acceptors (Lipinski definition) is 2. The monoisotopic (exact) mass is 289 g/mol. The van der Waals surface area contributed by atoms with E-state index in [0.717, 1.165) is 32.1 Å². The molecule has 0 aliphatic heterocycles. The van der Waals surface area contributed by atoms with Gasteiger partial charge in [-0.25, -0.2) is 0 Å². The number of carbonyl (C=O) groups is 1.